The molecule has 0 atom stereocenters. The van der Waals surface area contributed by atoms with E-state index in [1.165, 1.54) is 4.90 Å². The Hall–Kier alpha value is -2.36. The van der Waals surface area contributed by atoms with Gasteiger partial charge in [-0.15, -0.1) is 0 Å². The molecule has 4 nitrogen and oxygen atoms in total. The number of nitrogens with zero attached hydrogens (tertiary/aromatic N) is 2. The molecule has 104 valence electrons. The van der Waals surface area contributed by atoms with Crippen LogP contribution in [0.3, 0.4) is 0 Å². The smallest absolute Gasteiger partial charge is 0.417 e. The second-order valence-electron chi connectivity index (χ2n) is 5.58. The molecule has 0 aliphatic heterocycles. The molecule has 0 aliphatic carbocycles. The summed E-state index contributed by atoms with van der Waals surface area (Å²) in [7, 11) is 0. The quantitative estimate of drug-likeness (QED) is 0.890. The van der Waals surface area contributed by atoms with Gasteiger partial charge in [0.15, 0.2) is 0 Å². The summed E-state index contributed by atoms with van der Waals surface area (Å²) in [5.74, 6) is 0.457. The summed E-state index contributed by atoms with van der Waals surface area (Å²) in [5, 5.41) is 9.56. The van der Waals surface area contributed by atoms with Crippen molar-refractivity contribution in [3.8, 4) is 0 Å². The number of para-hydroxylation sites is 1. The van der Waals surface area contributed by atoms with Gasteiger partial charge in [0.2, 0.25) is 0 Å². The average molecular weight is 270 g/mol. The number of benzene rings is 1. The number of anilines is 2. The Morgan fingerprint density at radius 2 is 1.75 bits per heavy atom. The Bertz CT molecular complexity index is 603. The van der Waals surface area contributed by atoms with Crippen molar-refractivity contribution in [2.45, 2.75) is 26.2 Å². The zero-order valence-corrected chi connectivity index (χ0v) is 11.9. The highest BCUT2D eigenvalue weighted by Crippen LogP contribution is 2.33. The second-order valence-corrected chi connectivity index (χ2v) is 5.58. The number of pyridine rings is 1. The van der Waals surface area contributed by atoms with E-state index in [0.29, 0.717) is 11.5 Å². The maximum Gasteiger partial charge on any atom is 0.417 e. The standard InChI is InChI=1S/C16H18N2O2/c1-16(2,3)13-10-7-11-17-14(13)18(15(19)20)12-8-5-4-6-9-12/h4-11H,1-3H3,(H,19,20). The molecule has 1 amide bonds. The Morgan fingerprint density at radius 1 is 1.10 bits per heavy atom. The van der Waals surface area contributed by atoms with Crippen molar-refractivity contribution in [2.24, 2.45) is 0 Å². The third kappa shape index (κ3) is 2.79. The van der Waals surface area contributed by atoms with Crippen LogP contribution >= 0.6 is 0 Å². The molecule has 0 fully saturated rings. The molecule has 1 heterocycles. The lowest BCUT2D eigenvalue weighted by Crippen LogP contribution is -2.28. The molecule has 1 aromatic heterocycles. The molecule has 1 N–H and O–H groups in total. The van der Waals surface area contributed by atoms with Crippen LogP contribution in [-0.2, 0) is 5.41 Å². The normalized spacial score (nSPS) is 11.2. The van der Waals surface area contributed by atoms with Gasteiger partial charge >= 0.3 is 6.09 Å². The van der Waals surface area contributed by atoms with Gasteiger partial charge in [-0.3, -0.25) is 0 Å². The van der Waals surface area contributed by atoms with Gasteiger partial charge < -0.3 is 5.11 Å². The highest BCUT2D eigenvalue weighted by molar-refractivity contribution is 5.94. The average Bonchev–Trinajstić information content (AvgIpc) is 2.39. The summed E-state index contributed by atoms with van der Waals surface area (Å²) in [4.78, 5) is 17.2. The fourth-order valence-corrected chi connectivity index (χ4v) is 2.06. The van der Waals surface area contributed by atoms with E-state index in [1.54, 1.807) is 18.3 Å². The number of carbonyl (C=O) groups is 1. The van der Waals surface area contributed by atoms with Crippen LogP contribution in [0.15, 0.2) is 48.7 Å². The monoisotopic (exact) mass is 270 g/mol. The van der Waals surface area contributed by atoms with E-state index in [-0.39, 0.29) is 5.41 Å². The van der Waals surface area contributed by atoms with E-state index in [9.17, 15) is 9.90 Å². The van der Waals surface area contributed by atoms with Gasteiger partial charge in [0.1, 0.15) is 5.82 Å². The van der Waals surface area contributed by atoms with E-state index in [1.807, 2.05) is 51.1 Å². The fourth-order valence-electron chi connectivity index (χ4n) is 2.06. The number of amides is 1. The van der Waals surface area contributed by atoms with E-state index in [2.05, 4.69) is 4.98 Å². The van der Waals surface area contributed by atoms with Gasteiger partial charge in [0.25, 0.3) is 0 Å². The first-order chi connectivity index (χ1) is 9.41. The van der Waals surface area contributed by atoms with Gasteiger partial charge in [-0.1, -0.05) is 45.0 Å². The minimum absolute atomic E-state index is 0.188. The van der Waals surface area contributed by atoms with Gasteiger partial charge in [-0.25, -0.2) is 14.7 Å². The van der Waals surface area contributed by atoms with Crippen molar-refractivity contribution in [3.05, 3.63) is 54.2 Å². The minimum Gasteiger partial charge on any atom is -0.464 e. The lowest BCUT2D eigenvalue weighted by molar-refractivity contribution is 0.204. The summed E-state index contributed by atoms with van der Waals surface area (Å²) in [5.41, 5.74) is 1.29. The molecule has 0 saturated heterocycles. The van der Waals surface area contributed by atoms with E-state index < -0.39 is 6.09 Å². The Morgan fingerprint density at radius 3 is 2.30 bits per heavy atom. The predicted molar refractivity (Wildman–Crippen MR) is 79.5 cm³/mol. The van der Waals surface area contributed by atoms with Gasteiger partial charge in [0.05, 0.1) is 5.69 Å². The van der Waals surface area contributed by atoms with Crippen molar-refractivity contribution in [2.75, 3.05) is 4.90 Å². The van der Waals surface area contributed by atoms with Crippen molar-refractivity contribution in [1.29, 1.82) is 0 Å². The molecule has 2 rings (SSSR count). The van der Waals surface area contributed by atoms with Crippen molar-refractivity contribution >= 4 is 17.6 Å². The summed E-state index contributed by atoms with van der Waals surface area (Å²) in [6.07, 6.45) is 0.573. The van der Waals surface area contributed by atoms with E-state index >= 15 is 0 Å². The third-order valence-corrected chi connectivity index (χ3v) is 3.01. The minimum atomic E-state index is -1.04. The molecule has 0 aliphatic rings. The third-order valence-electron chi connectivity index (χ3n) is 3.01. The second kappa shape index (κ2) is 5.33. The van der Waals surface area contributed by atoms with Crippen LogP contribution < -0.4 is 4.90 Å². The zero-order valence-electron chi connectivity index (χ0n) is 11.9. The summed E-state index contributed by atoms with van der Waals surface area (Å²) < 4.78 is 0. The number of aromatic nitrogens is 1. The van der Waals surface area contributed by atoms with Gasteiger partial charge in [-0.05, 0) is 23.6 Å². The van der Waals surface area contributed by atoms with Gasteiger partial charge in [0, 0.05) is 11.8 Å². The zero-order chi connectivity index (χ0) is 14.8. The maximum absolute atomic E-state index is 11.7. The molecule has 4 heteroatoms. The molecular formula is C16H18N2O2. The Kier molecular flexibility index (Phi) is 3.74. The summed E-state index contributed by atoms with van der Waals surface area (Å²) in [6, 6.07) is 12.7. The summed E-state index contributed by atoms with van der Waals surface area (Å²) >= 11 is 0. The lowest BCUT2D eigenvalue weighted by atomic mass is 9.87. The molecule has 2 aromatic rings. The lowest BCUT2D eigenvalue weighted by Gasteiger charge is -2.27. The first kappa shape index (κ1) is 14.1. The molecule has 0 bridgehead atoms. The van der Waals surface area contributed by atoms with Crippen LogP contribution in [-0.4, -0.2) is 16.2 Å². The highest BCUT2D eigenvalue weighted by atomic mass is 16.4. The van der Waals surface area contributed by atoms with Crippen LogP contribution in [0.1, 0.15) is 26.3 Å². The van der Waals surface area contributed by atoms with Crippen molar-refractivity contribution in [3.63, 3.8) is 0 Å². The molecule has 1 aromatic carbocycles. The molecule has 0 radical (unpaired) electrons. The topological polar surface area (TPSA) is 53.4 Å². The molecule has 0 saturated carbocycles. The first-order valence-electron chi connectivity index (χ1n) is 6.45. The largest absolute Gasteiger partial charge is 0.464 e. The van der Waals surface area contributed by atoms with Crippen LogP contribution in [0.4, 0.5) is 16.3 Å². The summed E-state index contributed by atoms with van der Waals surface area (Å²) in [6.45, 7) is 6.12. The fraction of sp³-hybridized carbons (Fsp3) is 0.250. The van der Waals surface area contributed by atoms with Crippen LogP contribution in [0.25, 0.3) is 0 Å². The number of rotatable bonds is 2. The molecular weight excluding hydrogens is 252 g/mol. The van der Waals surface area contributed by atoms with Crippen LogP contribution in [0, 0.1) is 0 Å². The Balaban J connectivity index is 2.60. The predicted octanol–water partition coefficient (Wildman–Crippen LogP) is 4.20. The van der Waals surface area contributed by atoms with Crippen molar-refractivity contribution in [1.82, 2.24) is 4.98 Å². The Labute approximate surface area is 118 Å². The highest BCUT2D eigenvalue weighted by Gasteiger charge is 2.26. The molecule has 0 spiro atoms. The first-order valence-corrected chi connectivity index (χ1v) is 6.45. The number of carboxylic acid groups (broad SMARTS) is 1. The SMILES string of the molecule is CC(C)(C)c1cccnc1N(C(=O)O)c1ccccc1. The molecule has 20 heavy (non-hydrogen) atoms. The van der Waals surface area contributed by atoms with Crippen molar-refractivity contribution < 1.29 is 9.90 Å². The molecule has 0 unspecified atom stereocenters. The van der Waals surface area contributed by atoms with E-state index in [0.717, 1.165) is 5.56 Å². The van der Waals surface area contributed by atoms with Crippen LogP contribution in [0.2, 0.25) is 0 Å². The maximum atomic E-state index is 11.7. The van der Waals surface area contributed by atoms with Crippen LogP contribution in [0.5, 0.6) is 0 Å². The van der Waals surface area contributed by atoms with Gasteiger partial charge in [-0.2, -0.15) is 0 Å². The number of hydrogen-bond donors (Lipinski definition) is 1. The number of hydrogen-bond acceptors (Lipinski definition) is 2. The van der Waals surface area contributed by atoms with E-state index in [4.69, 9.17) is 0 Å².